The summed E-state index contributed by atoms with van der Waals surface area (Å²) >= 11 is 0. The van der Waals surface area contributed by atoms with E-state index >= 15 is 0 Å². The normalized spacial score (nSPS) is 13.5. The third-order valence-corrected chi connectivity index (χ3v) is 7.06. The van der Waals surface area contributed by atoms with Crippen LogP contribution in [0.2, 0.25) is 0 Å². The van der Waals surface area contributed by atoms with Gasteiger partial charge in [-0.2, -0.15) is 0 Å². The Balaban J connectivity index is 1.26. The number of aryl methyl sites for hydroxylation is 1. The van der Waals surface area contributed by atoms with Gasteiger partial charge in [0.25, 0.3) is 5.91 Å². The zero-order chi connectivity index (χ0) is 26.7. The Kier molecular flexibility index (Phi) is 6.83. The van der Waals surface area contributed by atoms with Crippen molar-refractivity contribution in [2.45, 2.75) is 31.6 Å². The second-order valence-corrected chi connectivity index (χ2v) is 9.67. The highest BCUT2D eigenvalue weighted by molar-refractivity contribution is 6.02. The largest absolute Gasteiger partial charge is 0.504 e. The molecule has 1 aliphatic rings. The van der Waals surface area contributed by atoms with Gasteiger partial charge in [-0.25, -0.2) is 0 Å². The summed E-state index contributed by atoms with van der Waals surface area (Å²) in [6.45, 7) is 2.50. The van der Waals surface area contributed by atoms with Gasteiger partial charge in [0, 0.05) is 36.1 Å². The van der Waals surface area contributed by atoms with E-state index in [0.29, 0.717) is 42.6 Å². The van der Waals surface area contributed by atoms with Crippen LogP contribution in [0.25, 0.3) is 11.1 Å². The Labute approximate surface area is 221 Å². The van der Waals surface area contributed by atoms with Gasteiger partial charge in [0.1, 0.15) is 0 Å². The number of phenols is 2. The van der Waals surface area contributed by atoms with Gasteiger partial charge >= 0.3 is 0 Å². The molecular formula is C31H29N3O4. The van der Waals surface area contributed by atoms with E-state index < -0.39 is 5.41 Å². The molecule has 1 fully saturated rings. The van der Waals surface area contributed by atoms with Crippen LogP contribution < -0.4 is 10.6 Å². The summed E-state index contributed by atoms with van der Waals surface area (Å²) in [5.74, 6) is -0.721. The third kappa shape index (κ3) is 5.22. The van der Waals surface area contributed by atoms with Crippen LogP contribution in [0.3, 0.4) is 0 Å². The topological polar surface area (TPSA) is 112 Å². The molecule has 1 heterocycles. The Morgan fingerprint density at radius 3 is 2.39 bits per heavy atom. The first-order valence-corrected chi connectivity index (χ1v) is 12.6. The van der Waals surface area contributed by atoms with Crippen LogP contribution >= 0.6 is 0 Å². The molecule has 0 atom stereocenters. The number of amides is 2. The van der Waals surface area contributed by atoms with E-state index in [-0.39, 0.29) is 23.3 Å². The second-order valence-electron chi connectivity index (χ2n) is 9.67. The predicted octanol–water partition coefficient (Wildman–Crippen LogP) is 5.11. The van der Waals surface area contributed by atoms with Crippen molar-refractivity contribution in [3.63, 3.8) is 0 Å². The maximum absolute atomic E-state index is 13.2. The van der Waals surface area contributed by atoms with Gasteiger partial charge in [-0.15, -0.1) is 0 Å². The zero-order valence-corrected chi connectivity index (χ0v) is 21.1. The van der Waals surface area contributed by atoms with Crippen molar-refractivity contribution in [1.82, 2.24) is 10.3 Å². The monoisotopic (exact) mass is 507 g/mol. The molecule has 0 spiro atoms. The van der Waals surface area contributed by atoms with Crippen molar-refractivity contribution in [3.05, 3.63) is 107 Å². The number of aromatic hydroxyl groups is 2. The van der Waals surface area contributed by atoms with Crippen molar-refractivity contribution in [2.75, 3.05) is 11.9 Å². The number of pyridine rings is 1. The highest BCUT2D eigenvalue weighted by Crippen LogP contribution is 2.50. The minimum absolute atomic E-state index is 0.139. The summed E-state index contributed by atoms with van der Waals surface area (Å²) in [5, 5.41) is 25.5. The quantitative estimate of drug-likeness (QED) is 0.248. The van der Waals surface area contributed by atoms with Crippen molar-refractivity contribution < 1.29 is 19.8 Å². The number of benzene rings is 3. The standard InChI is InChI=1S/C31H29N3O4/c1-20-5-11-25(34-30(38)31(14-15-31)23-10-12-27(35)28(36)18-23)19-26(20)21-6-8-22(9-7-21)29(37)33-17-13-24-4-2-3-16-32-24/h2-12,16,18-19,35-36H,13-15,17H2,1H3,(H,33,37)(H,34,38). The Morgan fingerprint density at radius 1 is 0.921 bits per heavy atom. The fraction of sp³-hybridized carbons (Fsp3) is 0.194. The van der Waals surface area contributed by atoms with Gasteiger partial charge < -0.3 is 20.8 Å². The summed E-state index contributed by atoms with van der Waals surface area (Å²) in [6.07, 6.45) is 3.75. The molecule has 0 unspecified atom stereocenters. The molecule has 3 aromatic carbocycles. The number of carbonyl (C=O) groups is 2. The van der Waals surface area contributed by atoms with E-state index in [9.17, 15) is 19.8 Å². The lowest BCUT2D eigenvalue weighted by atomic mass is 9.94. The van der Waals surface area contributed by atoms with E-state index in [2.05, 4.69) is 15.6 Å². The first-order valence-electron chi connectivity index (χ1n) is 12.6. The van der Waals surface area contributed by atoms with Gasteiger partial charge in [0.05, 0.1) is 5.41 Å². The maximum Gasteiger partial charge on any atom is 0.251 e. The number of hydrogen-bond donors (Lipinski definition) is 4. The molecule has 7 heteroatoms. The molecule has 1 aromatic heterocycles. The SMILES string of the molecule is Cc1ccc(NC(=O)C2(c3ccc(O)c(O)c3)CC2)cc1-c1ccc(C(=O)NCCc2ccccn2)cc1. The van der Waals surface area contributed by atoms with Crippen LogP contribution in [0.4, 0.5) is 5.69 Å². The molecule has 4 N–H and O–H groups in total. The molecule has 0 aliphatic heterocycles. The van der Waals surface area contributed by atoms with E-state index in [1.54, 1.807) is 24.4 Å². The average Bonchev–Trinajstić information content (AvgIpc) is 3.74. The lowest BCUT2D eigenvalue weighted by Crippen LogP contribution is -2.27. The smallest absolute Gasteiger partial charge is 0.251 e. The van der Waals surface area contributed by atoms with Gasteiger partial charge in [-0.3, -0.25) is 14.6 Å². The predicted molar refractivity (Wildman–Crippen MR) is 146 cm³/mol. The van der Waals surface area contributed by atoms with Crippen LogP contribution in [0.1, 0.15) is 40.0 Å². The second kappa shape index (κ2) is 10.4. The van der Waals surface area contributed by atoms with E-state index in [4.69, 9.17) is 0 Å². The summed E-state index contributed by atoms with van der Waals surface area (Å²) in [4.78, 5) is 30.1. The van der Waals surface area contributed by atoms with Crippen LogP contribution in [0.15, 0.2) is 85.1 Å². The number of aromatic nitrogens is 1. The van der Waals surface area contributed by atoms with Crippen molar-refractivity contribution >= 4 is 17.5 Å². The van der Waals surface area contributed by atoms with Crippen LogP contribution in [-0.4, -0.2) is 33.6 Å². The molecule has 1 aliphatic carbocycles. The Morgan fingerprint density at radius 2 is 1.71 bits per heavy atom. The van der Waals surface area contributed by atoms with E-state index in [1.165, 1.54) is 12.1 Å². The van der Waals surface area contributed by atoms with Crippen molar-refractivity contribution in [3.8, 4) is 22.6 Å². The van der Waals surface area contributed by atoms with E-state index in [1.807, 2.05) is 55.5 Å². The molecule has 5 rings (SSSR count). The Hall–Kier alpha value is -4.65. The number of phenolic OH excluding ortho intramolecular Hbond substituents is 2. The van der Waals surface area contributed by atoms with Crippen molar-refractivity contribution in [2.24, 2.45) is 0 Å². The molecule has 38 heavy (non-hydrogen) atoms. The molecular weight excluding hydrogens is 478 g/mol. The minimum atomic E-state index is -0.707. The molecule has 0 radical (unpaired) electrons. The van der Waals surface area contributed by atoms with Crippen LogP contribution in [0.5, 0.6) is 11.5 Å². The van der Waals surface area contributed by atoms with Crippen LogP contribution in [-0.2, 0) is 16.6 Å². The lowest BCUT2D eigenvalue weighted by Gasteiger charge is -2.17. The van der Waals surface area contributed by atoms with Gasteiger partial charge in [0.15, 0.2) is 11.5 Å². The molecule has 4 aromatic rings. The van der Waals surface area contributed by atoms with Crippen LogP contribution in [0, 0.1) is 6.92 Å². The molecule has 7 nitrogen and oxygen atoms in total. The number of anilines is 1. The average molecular weight is 508 g/mol. The lowest BCUT2D eigenvalue weighted by molar-refractivity contribution is -0.118. The molecule has 192 valence electrons. The van der Waals surface area contributed by atoms with Gasteiger partial charge in [-0.1, -0.05) is 30.3 Å². The zero-order valence-electron chi connectivity index (χ0n) is 21.1. The number of nitrogens with zero attached hydrogens (tertiary/aromatic N) is 1. The maximum atomic E-state index is 13.2. The summed E-state index contributed by atoms with van der Waals surface area (Å²) < 4.78 is 0. The molecule has 0 saturated heterocycles. The number of nitrogens with one attached hydrogen (secondary N) is 2. The number of carbonyl (C=O) groups excluding carboxylic acids is 2. The number of rotatable bonds is 8. The molecule has 0 bridgehead atoms. The first-order chi connectivity index (χ1) is 18.4. The highest BCUT2D eigenvalue weighted by atomic mass is 16.3. The molecule has 2 amide bonds. The van der Waals surface area contributed by atoms with E-state index in [0.717, 1.165) is 22.4 Å². The number of hydrogen-bond acceptors (Lipinski definition) is 5. The molecule has 1 saturated carbocycles. The summed E-state index contributed by atoms with van der Waals surface area (Å²) in [7, 11) is 0. The Bertz CT molecular complexity index is 1480. The third-order valence-electron chi connectivity index (χ3n) is 7.06. The fourth-order valence-corrected chi connectivity index (χ4v) is 4.61. The van der Waals surface area contributed by atoms with Gasteiger partial charge in [-0.05, 0) is 90.6 Å². The highest BCUT2D eigenvalue weighted by Gasteiger charge is 2.51. The van der Waals surface area contributed by atoms with Crippen molar-refractivity contribution in [1.29, 1.82) is 0 Å². The summed E-state index contributed by atoms with van der Waals surface area (Å²) in [5.41, 5.74) is 5.09. The summed E-state index contributed by atoms with van der Waals surface area (Å²) in [6, 6.07) is 23.4. The van der Waals surface area contributed by atoms with Gasteiger partial charge in [0.2, 0.25) is 5.91 Å². The minimum Gasteiger partial charge on any atom is -0.504 e. The fourth-order valence-electron chi connectivity index (χ4n) is 4.61. The first kappa shape index (κ1) is 25.0.